The van der Waals surface area contributed by atoms with Crippen LogP contribution < -0.4 is 23.7 Å². The number of hydrogen-bond donors (Lipinski definition) is 0. The number of benzene rings is 4. The third-order valence-corrected chi connectivity index (χ3v) is 11.6. The van der Waals surface area contributed by atoms with E-state index in [1.807, 2.05) is 0 Å². The molecule has 8 nitrogen and oxygen atoms in total. The summed E-state index contributed by atoms with van der Waals surface area (Å²) in [5, 5.41) is 0. The Kier molecular flexibility index (Phi) is 8.13. The molecule has 0 spiro atoms. The predicted molar refractivity (Wildman–Crippen MR) is 194 cm³/mol. The molecule has 260 valence electrons. The molecule has 4 aromatic carbocycles. The molecule has 1 saturated heterocycles. The van der Waals surface area contributed by atoms with Gasteiger partial charge in [0.05, 0.1) is 7.11 Å². The summed E-state index contributed by atoms with van der Waals surface area (Å²) in [6.07, 6.45) is 6.91. The molecular weight excluding hydrogens is 626 g/mol. The molecular formula is C42H47N3O5. The quantitative estimate of drug-likeness (QED) is 0.191. The fourth-order valence-electron chi connectivity index (χ4n) is 8.64. The maximum absolute atomic E-state index is 6.98. The lowest BCUT2D eigenvalue weighted by Crippen LogP contribution is -2.34. The van der Waals surface area contributed by atoms with Gasteiger partial charge in [-0.15, -0.1) is 0 Å². The SMILES string of the molecule is COc1cc2c3c4c1Oc1cc5c(cc1O4)C(Cc1ccc(OC4CCCN(C)CC4)c(c1)Oc1ccc(cc1)CC3N(C)CC2)N(C)CC5. The zero-order valence-corrected chi connectivity index (χ0v) is 29.7. The van der Waals surface area contributed by atoms with Crippen molar-refractivity contribution in [2.45, 2.75) is 63.1 Å². The minimum absolute atomic E-state index is 0.112. The van der Waals surface area contributed by atoms with Gasteiger partial charge in [-0.2, -0.15) is 0 Å². The monoisotopic (exact) mass is 673 g/mol. The van der Waals surface area contributed by atoms with Crippen molar-refractivity contribution in [2.24, 2.45) is 0 Å². The van der Waals surface area contributed by atoms with Gasteiger partial charge in [0.1, 0.15) is 11.9 Å². The van der Waals surface area contributed by atoms with Crippen LogP contribution in [0.3, 0.4) is 0 Å². The molecule has 0 amide bonds. The zero-order valence-electron chi connectivity index (χ0n) is 29.7. The topological polar surface area (TPSA) is 55.9 Å². The number of rotatable bonds is 3. The van der Waals surface area contributed by atoms with Gasteiger partial charge in [0, 0.05) is 37.3 Å². The summed E-state index contributed by atoms with van der Waals surface area (Å²) >= 11 is 0. The first kappa shape index (κ1) is 31.7. The van der Waals surface area contributed by atoms with E-state index in [0.29, 0.717) is 5.75 Å². The van der Waals surface area contributed by atoms with Crippen LogP contribution in [-0.4, -0.2) is 75.2 Å². The van der Waals surface area contributed by atoms with Crippen molar-refractivity contribution >= 4 is 0 Å². The van der Waals surface area contributed by atoms with Crippen LogP contribution in [-0.2, 0) is 25.7 Å². The second-order valence-corrected chi connectivity index (χ2v) is 14.9. The Labute approximate surface area is 295 Å². The number of nitrogens with zero attached hydrogens (tertiary/aromatic N) is 3. The van der Waals surface area contributed by atoms with E-state index in [9.17, 15) is 0 Å². The van der Waals surface area contributed by atoms with Crippen LogP contribution in [0.4, 0.5) is 0 Å². The Morgan fingerprint density at radius 3 is 2.22 bits per heavy atom. The molecule has 7 bridgehead atoms. The van der Waals surface area contributed by atoms with E-state index in [0.717, 1.165) is 111 Å². The van der Waals surface area contributed by atoms with E-state index in [1.54, 1.807) is 7.11 Å². The van der Waals surface area contributed by atoms with E-state index in [1.165, 1.54) is 33.4 Å². The van der Waals surface area contributed by atoms with E-state index in [-0.39, 0.29) is 18.2 Å². The van der Waals surface area contributed by atoms with Gasteiger partial charge in [-0.3, -0.25) is 9.80 Å². The Balaban J connectivity index is 1.16. The predicted octanol–water partition coefficient (Wildman–Crippen LogP) is 8.11. The Morgan fingerprint density at radius 2 is 1.38 bits per heavy atom. The van der Waals surface area contributed by atoms with Crippen molar-refractivity contribution in [3.05, 3.63) is 94.0 Å². The lowest BCUT2D eigenvalue weighted by atomic mass is 9.86. The first-order valence-electron chi connectivity index (χ1n) is 18.3. The van der Waals surface area contributed by atoms with Crippen molar-refractivity contribution in [3.63, 3.8) is 0 Å². The fraction of sp³-hybridized carbons (Fsp3) is 0.429. The van der Waals surface area contributed by atoms with E-state index < -0.39 is 0 Å². The molecule has 0 radical (unpaired) electrons. The summed E-state index contributed by atoms with van der Waals surface area (Å²) in [4.78, 5) is 7.30. The van der Waals surface area contributed by atoms with Crippen LogP contribution in [0.25, 0.3) is 0 Å². The number of hydrogen-bond acceptors (Lipinski definition) is 8. The molecule has 0 aromatic heterocycles. The molecule has 6 aliphatic rings. The Morgan fingerprint density at radius 1 is 0.640 bits per heavy atom. The molecule has 6 heterocycles. The number of ether oxygens (including phenoxy) is 5. The number of fused-ring (bicyclic) bond motifs is 2. The van der Waals surface area contributed by atoms with Crippen molar-refractivity contribution < 1.29 is 23.7 Å². The second-order valence-electron chi connectivity index (χ2n) is 14.9. The average molecular weight is 674 g/mol. The van der Waals surface area contributed by atoms with E-state index in [4.69, 9.17) is 23.7 Å². The summed E-state index contributed by atoms with van der Waals surface area (Å²) in [6, 6.07) is 22.0. The standard InChI is InChI=1S/C42H47N3O5/c1-43-16-5-6-30(15-17-43)47-35-12-9-27-21-33-32-25-38-37(23-28(32)13-18-44(33)2)49-41-39(46-4)24-29-14-19-45(3)34(40(29)42(41)50-38)20-26-7-10-31(11-8-26)48-36(35)22-27/h7-12,22-25,30,33-34H,5-6,13-21H2,1-4H3. The van der Waals surface area contributed by atoms with Gasteiger partial charge in [-0.1, -0.05) is 18.2 Å². The van der Waals surface area contributed by atoms with Gasteiger partial charge >= 0.3 is 0 Å². The Hall–Kier alpha value is -4.24. The lowest BCUT2D eigenvalue weighted by molar-refractivity contribution is 0.177. The maximum atomic E-state index is 6.98. The number of likely N-dealkylation sites (N-methyl/N-ethyl adjacent to an activating group) is 2. The van der Waals surface area contributed by atoms with Crippen LogP contribution in [0.5, 0.6) is 46.0 Å². The van der Waals surface area contributed by atoms with Crippen LogP contribution in [0.1, 0.15) is 64.7 Å². The Bertz CT molecular complexity index is 1930. The van der Waals surface area contributed by atoms with Crippen molar-refractivity contribution in [1.82, 2.24) is 14.7 Å². The molecule has 0 aliphatic carbocycles. The minimum Gasteiger partial charge on any atom is -0.493 e. The third-order valence-electron chi connectivity index (χ3n) is 11.6. The molecule has 6 aliphatic heterocycles. The third kappa shape index (κ3) is 5.77. The summed E-state index contributed by atoms with van der Waals surface area (Å²) in [5.41, 5.74) is 7.48. The van der Waals surface area contributed by atoms with Crippen molar-refractivity contribution in [1.29, 1.82) is 0 Å². The summed E-state index contributed by atoms with van der Waals surface area (Å²) in [5.74, 6) is 6.11. The highest BCUT2D eigenvalue weighted by Crippen LogP contribution is 2.56. The maximum Gasteiger partial charge on any atom is 0.212 e. The lowest BCUT2D eigenvalue weighted by Gasteiger charge is -2.39. The molecule has 10 rings (SSSR count). The summed E-state index contributed by atoms with van der Waals surface area (Å²) in [6.45, 7) is 4.08. The van der Waals surface area contributed by atoms with Gasteiger partial charge in [0.2, 0.25) is 5.75 Å². The average Bonchev–Trinajstić information content (AvgIpc) is 3.33. The highest BCUT2D eigenvalue weighted by atomic mass is 16.6. The smallest absolute Gasteiger partial charge is 0.212 e. The van der Waals surface area contributed by atoms with Crippen LogP contribution >= 0.6 is 0 Å². The molecule has 4 aromatic rings. The van der Waals surface area contributed by atoms with Gasteiger partial charge in [-0.05, 0) is 143 Å². The van der Waals surface area contributed by atoms with Gasteiger partial charge in [0.25, 0.3) is 0 Å². The van der Waals surface area contributed by atoms with E-state index in [2.05, 4.69) is 96.5 Å². The van der Waals surface area contributed by atoms with Crippen molar-refractivity contribution in [3.8, 4) is 46.0 Å². The molecule has 3 unspecified atom stereocenters. The van der Waals surface area contributed by atoms with Gasteiger partial charge in [-0.25, -0.2) is 0 Å². The molecule has 0 N–H and O–H groups in total. The first-order valence-corrected chi connectivity index (χ1v) is 18.3. The highest BCUT2D eigenvalue weighted by Gasteiger charge is 2.37. The first-order chi connectivity index (χ1) is 24.4. The van der Waals surface area contributed by atoms with Gasteiger partial charge in [0.15, 0.2) is 34.5 Å². The van der Waals surface area contributed by atoms with Crippen LogP contribution in [0, 0.1) is 0 Å². The molecule has 3 atom stereocenters. The van der Waals surface area contributed by atoms with Crippen LogP contribution in [0.15, 0.2) is 60.7 Å². The van der Waals surface area contributed by atoms with Crippen LogP contribution in [0.2, 0.25) is 0 Å². The largest absolute Gasteiger partial charge is 0.493 e. The normalized spacial score (nSPS) is 23.2. The molecule has 0 saturated carbocycles. The number of methoxy groups -OCH3 is 1. The van der Waals surface area contributed by atoms with Gasteiger partial charge < -0.3 is 28.6 Å². The minimum atomic E-state index is 0.112. The van der Waals surface area contributed by atoms with Crippen molar-refractivity contribution in [2.75, 3.05) is 54.4 Å². The molecule has 50 heavy (non-hydrogen) atoms. The fourth-order valence-corrected chi connectivity index (χ4v) is 8.64. The summed E-state index contributed by atoms with van der Waals surface area (Å²) < 4.78 is 33.1. The summed E-state index contributed by atoms with van der Waals surface area (Å²) in [7, 11) is 8.36. The molecule has 8 heteroatoms. The molecule has 1 fully saturated rings. The number of likely N-dealkylation sites (tertiary alicyclic amines) is 1. The van der Waals surface area contributed by atoms with E-state index >= 15 is 0 Å². The second kappa shape index (κ2) is 12.8. The zero-order chi connectivity index (χ0) is 33.9. The highest BCUT2D eigenvalue weighted by molar-refractivity contribution is 5.67.